The SMILES string of the molecule is CC(C)CC(=O)N1CCN(C(=O)C(=O)O)CC1. The van der Waals surface area contributed by atoms with Crippen molar-refractivity contribution in [2.24, 2.45) is 5.92 Å². The third-order valence-electron chi connectivity index (χ3n) is 2.69. The first kappa shape index (κ1) is 13.5. The molecule has 96 valence electrons. The second-order valence-electron chi connectivity index (χ2n) is 4.58. The van der Waals surface area contributed by atoms with Crippen molar-refractivity contribution in [2.75, 3.05) is 26.2 Å². The molecule has 1 heterocycles. The summed E-state index contributed by atoms with van der Waals surface area (Å²) in [5, 5.41) is 8.56. The van der Waals surface area contributed by atoms with Crippen molar-refractivity contribution in [1.29, 1.82) is 0 Å². The van der Waals surface area contributed by atoms with Gasteiger partial charge in [0.15, 0.2) is 0 Å². The standard InChI is InChI=1S/C11H18N2O4/c1-8(2)7-9(14)12-3-5-13(6-4-12)10(15)11(16)17/h8H,3-7H2,1-2H3,(H,16,17). The van der Waals surface area contributed by atoms with E-state index in [9.17, 15) is 14.4 Å². The van der Waals surface area contributed by atoms with E-state index >= 15 is 0 Å². The van der Waals surface area contributed by atoms with Gasteiger partial charge in [0.1, 0.15) is 0 Å². The van der Waals surface area contributed by atoms with Gasteiger partial charge < -0.3 is 14.9 Å². The number of aliphatic carboxylic acids is 1. The number of carboxylic acids is 1. The molecular weight excluding hydrogens is 224 g/mol. The normalized spacial score (nSPS) is 16.2. The zero-order valence-corrected chi connectivity index (χ0v) is 10.2. The monoisotopic (exact) mass is 242 g/mol. The van der Waals surface area contributed by atoms with Gasteiger partial charge in [0.05, 0.1) is 0 Å². The molecule has 0 saturated carbocycles. The summed E-state index contributed by atoms with van der Waals surface area (Å²) in [5.41, 5.74) is 0. The number of amides is 2. The van der Waals surface area contributed by atoms with Crippen molar-refractivity contribution >= 4 is 17.8 Å². The van der Waals surface area contributed by atoms with Crippen LogP contribution in [0.25, 0.3) is 0 Å². The molecule has 1 rings (SSSR count). The summed E-state index contributed by atoms with van der Waals surface area (Å²) in [6.07, 6.45) is 0.493. The number of carbonyl (C=O) groups excluding carboxylic acids is 2. The minimum absolute atomic E-state index is 0.0717. The summed E-state index contributed by atoms with van der Waals surface area (Å²) in [4.78, 5) is 36.3. The Balaban J connectivity index is 2.43. The molecular formula is C11H18N2O4. The van der Waals surface area contributed by atoms with Gasteiger partial charge in [-0.15, -0.1) is 0 Å². The van der Waals surface area contributed by atoms with E-state index in [0.717, 1.165) is 0 Å². The van der Waals surface area contributed by atoms with E-state index in [4.69, 9.17) is 5.11 Å². The number of carboxylic acid groups (broad SMARTS) is 1. The first-order chi connectivity index (χ1) is 7.91. The van der Waals surface area contributed by atoms with Crippen LogP contribution in [0.15, 0.2) is 0 Å². The van der Waals surface area contributed by atoms with Gasteiger partial charge in [-0.2, -0.15) is 0 Å². The predicted molar refractivity (Wildman–Crippen MR) is 60.3 cm³/mol. The van der Waals surface area contributed by atoms with Gasteiger partial charge in [0, 0.05) is 32.6 Å². The molecule has 1 N–H and O–H groups in total. The molecule has 2 amide bonds. The van der Waals surface area contributed by atoms with Gasteiger partial charge in [-0.1, -0.05) is 13.8 Å². The maximum Gasteiger partial charge on any atom is 0.394 e. The first-order valence-electron chi connectivity index (χ1n) is 5.71. The van der Waals surface area contributed by atoms with E-state index in [1.807, 2.05) is 13.8 Å². The Bertz CT molecular complexity index is 319. The number of nitrogens with zero attached hydrogens (tertiary/aromatic N) is 2. The summed E-state index contributed by atoms with van der Waals surface area (Å²) in [6.45, 7) is 5.39. The van der Waals surface area contributed by atoms with E-state index in [1.165, 1.54) is 4.90 Å². The first-order valence-corrected chi connectivity index (χ1v) is 5.71. The lowest BCUT2D eigenvalue weighted by atomic mass is 10.1. The Hall–Kier alpha value is -1.59. The summed E-state index contributed by atoms with van der Waals surface area (Å²) >= 11 is 0. The fraction of sp³-hybridized carbons (Fsp3) is 0.727. The Morgan fingerprint density at radius 1 is 1.06 bits per heavy atom. The molecule has 6 heteroatoms. The Morgan fingerprint density at radius 2 is 1.53 bits per heavy atom. The van der Waals surface area contributed by atoms with Crippen LogP contribution in [-0.2, 0) is 14.4 Å². The van der Waals surface area contributed by atoms with Crippen molar-refractivity contribution in [3.8, 4) is 0 Å². The number of hydrogen-bond acceptors (Lipinski definition) is 3. The minimum atomic E-state index is -1.44. The van der Waals surface area contributed by atoms with Crippen LogP contribution in [0, 0.1) is 5.92 Å². The van der Waals surface area contributed by atoms with Gasteiger partial charge >= 0.3 is 11.9 Å². The van der Waals surface area contributed by atoms with Crippen LogP contribution in [0.4, 0.5) is 0 Å². The smallest absolute Gasteiger partial charge is 0.394 e. The van der Waals surface area contributed by atoms with Crippen molar-refractivity contribution in [3.63, 3.8) is 0 Å². The maximum absolute atomic E-state index is 11.7. The Kier molecular flexibility index (Phi) is 4.48. The summed E-state index contributed by atoms with van der Waals surface area (Å²) in [6, 6.07) is 0. The Morgan fingerprint density at radius 3 is 1.94 bits per heavy atom. The third-order valence-corrected chi connectivity index (χ3v) is 2.69. The zero-order chi connectivity index (χ0) is 13.0. The number of rotatable bonds is 2. The summed E-state index contributed by atoms with van der Waals surface area (Å²) < 4.78 is 0. The summed E-state index contributed by atoms with van der Waals surface area (Å²) in [5.74, 6) is -1.95. The Labute approximate surface area is 100 Å². The quantitative estimate of drug-likeness (QED) is 0.679. The van der Waals surface area contributed by atoms with Crippen LogP contribution >= 0.6 is 0 Å². The highest BCUT2D eigenvalue weighted by atomic mass is 16.4. The lowest BCUT2D eigenvalue weighted by Crippen LogP contribution is -2.52. The zero-order valence-electron chi connectivity index (χ0n) is 10.2. The van der Waals surface area contributed by atoms with Crippen molar-refractivity contribution < 1.29 is 19.5 Å². The van der Waals surface area contributed by atoms with Crippen molar-refractivity contribution in [2.45, 2.75) is 20.3 Å². The molecule has 1 fully saturated rings. The molecule has 0 aromatic heterocycles. The van der Waals surface area contributed by atoms with Crippen molar-refractivity contribution in [1.82, 2.24) is 9.80 Å². The predicted octanol–water partition coefficient (Wildman–Crippen LogP) is -0.212. The van der Waals surface area contributed by atoms with Crippen LogP contribution < -0.4 is 0 Å². The second-order valence-corrected chi connectivity index (χ2v) is 4.58. The molecule has 1 aliphatic rings. The molecule has 0 aromatic rings. The third kappa shape index (κ3) is 3.72. The molecule has 0 unspecified atom stereocenters. The highest BCUT2D eigenvalue weighted by Crippen LogP contribution is 2.08. The van der Waals surface area contributed by atoms with Crippen LogP contribution in [0.1, 0.15) is 20.3 Å². The topological polar surface area (TPSA) is 77.9 Å². The molecule has 1 aliphatic heterocycles. The molecule has 0 aromatic carbocycles. The number of carbonyl (C=O) groups is 3. The highest BCUT2D eigenvalue weighted by molar-refractivity contribution is 6.31. The molecule has 0 radical (unpaired) electrons. The van der Waals surface area contributed by atoms with Gasteiger partial charge in [-0.25, -0.2) is 4.79 Å². The number of hydrogen-bond donors (Lipinski definition) is 1. The fourth-order valence-corrected chi connectivity index (χ4v) is 1.77. The lowest BCUT2D eigenvalue weighted by molar-refractivity contribution is -0.157. The average molecular weight is 242 g/mol. The van der Waals surface area contributed by atoms with Gasteiger partial charge in [-0.05, 0) is 5.92 Å². The molecule has 0 bridgehead atoms. The van der Waals surface area contributed by atoms with E-state index in [-0.39, 0.29) is 5.91 Å². The minimum Gasteiger partial charge on any atom is -0.474 e. The molecule has 0 spiro atoms. The largest absolute Gasteiger partial charge is 0.474 e. The van der Waals surface area contributed by atoms with E-state index < -0.39 is 11.9 Å². The van der Waals surface area contributed by atoms with Gasteiger partial charge in [0.25, 0.3) is 0 Å². The molecule has 6 nitrogen and oxygen atoms in total. The van der Waals surface area contributed by atoms with Crippen LogP contribution in [0.3, 0.4) is 0 Å². The molecule has 0 atom stereocenters. The van der Waals surface area contributed by atoms with Crippen LogP contribution in [0.2, 0.25) is 0 Å². The molecule has 1 saturated heterocycles. The van der Waals surface area contributed by atoms with Crippen molar-refractivity contribution in [3.05, 3.63) is 0 Å². The second kappa shape index (κ2) is 5.65. The van der Waals surface area contributed by atoms with Gasteiger partial charge in [-0.3, -0.25) is 9.59 Å². The van der Waals surface area contributed by atoms with E-state index in [0.29, 0.717) is 38.5 Å². The molecule has 17 heavy (non-hydrogen) atoms. The average Bonchev–Trinajstić information content (AvgIpc) is 2.27. The molecule has 0 aliphatic carbocycles. The van der Waals surface area contributed by atoms with Gasteiger partial charge in [0.2, 0.25) is 5.91 Å². The lowest BCUT2D eigenvalue weighted by Gasteiger charge is -2.34. The highest BCUT2D eigenvalue weighted by Gasteiger charge is 2.27. The summed E-state index contributed by atoms with van der Waals surface area (Å²) in [7, 11) is 0. The van der Waals surface area contributed by atoms with E-state index in [2.05, 4.69) is 0 Å². The van der Waals surface area contributed by atoms with E-state index in [1.54, 1.807) is 4.90 Å². The van der Waals surface area contributed by atoms with Crippen LogP contribution in [-0.4, -0.2) is 58.9 Å². The maximum atomic E-state index is 11.7. The number of piperazine rings is 1. The van der Waals surface area contributed by atoms with Crippen LogP contribution in [0.5, 0.6) is 0 Å². The fourth-order valence-electron chi connectivity index (χ4n) is 1.77.